The Hall–Kier alpha value is -1.88. The molecule has 0 aliphatic heterocycles. The fourth-order valence-electron chi connectivity index (χ4n) is 2.05. The van der Waals surface area contributed by atoms with E-state index in [9.17, 15) is 9.18 Å². The van der Waals surface area contributed by atoms with E-state index in [1.807, 2.05) is 24.3 Å². The second-order valence-corrected chi connectivity index (χ2v) is 5.52. The van der Waals surface area contributed by atoms with E-state index in [-0.39, 0.29) is 11.3 Å². The summed E-state index contributed by atoms with van der Waals surface area (Å²) in [6.07, 6.45) is 0. The van der Waals surface area contributed by atoms with E-state index >= 15 is 0 Å². The minimum Gasteiger partial charge on any atom is -0.496 e. The molecule has 2 rings (SSSR count). The summed E-state index contributed by atoms with van der Waals surface area (Å²) in [4.78, 5) is 13.9. The summed E-state index contributed by atoms with van der Waals surface area (Å²) in [6.45, 7) is 0.385. The molecule has 5 heteroatoms. The lowest BCUT2D eigenvalue weighted by Gasteiger charge is -2.19. The Labute approximate surface area is 131 Å². The van der Waals surface area contributed by atoms with E-state index in [0.717, 1.165) is 10.0 Å². The van der Waals surface area contributed by atoms with Gasteiger partial charge in [0.1, 0.15) is 17.1 Å². The Morgan fingerprint density at radius 3 is 2.67 bits per heavy atom. The van der Waals surface area contributed by atoms with Crippen molar-refractivity contribution in [3.8, 4) is 5.75 Å². The van der Waals surface area contributed by atoms with Crippen LogP contribution in [0, 0.1) is 5.82 Å². The van der Waals surface area contributed by atoms with Crippen LogP contribution < -0.4 is 4.74 Å². The van der Waals surface area contributed by atoms with Crippen molar-refractivity contribution in [1.82, 2.24) is 4.90 Å². The van der Waals surface area contributed by atoms with Gasteiger partial charge in [0.2, 0.25) is 0 Å². The molecule has 0 saturated carbocycles. The molecule has 1 amide bonds. The number of carbonyl (C=O) groups excluding carboxylic acids is 1. The number of hydrogen-bond donors (Lipinski definition) is 0. The highest BCUT2D eigenvalue weighted by atomic mass is 79.9. The minimum absolute atomic E-state index is 0.0440. The van der Waals surface area contributed by atoms with E-state index in [0.29, 0.717) is 6.54 Å². The molecule has 0 spiro atoms. The van der Waals surface area contributed by atoms with E-state index in [4.69, 9.17) is 4.74 Å². The van der Waals surface area contributed by atoms with Gasteiger partial charge in [0.15, 0.2) is 0 Å². The van der Waals surface area contributed by atoms with Crippen LogP contribution in [0.1, 0.15) is 15.9 Å². The molecule has 21 heavy (non-hydrogen) atoms. The molecule has 0 aromatic heterocycles. The first-order valence-corrected chi connectivity index (χ1v) is 7.14. The summed E-state index contributed by atoms with van der Waals surface area (Å²) >= 11 is 3.38. The standard InChI is InChI=1S/C16H15BrFNO2/c1-19(10-11-5-3-6-12(17)9-11)16(20)15-13(18)7-4-8-14(15)21-2/h3-9H,10H2,1-2H3. The van der Waals surface area contributed by atoms with Crippen molar-refractivity contribution in [2.45, 2.75) is 6.54 Å². The molecule has 110 valence electrons. The van der Waals surface area contributed by atoms with E-state index in [1.54, 1.807) is 13.1 Å². The number of ether oxygens (including phenoxy) is 1. The van der Waals surface area contributed by atoms with Gasteiger partial charge in [-0.15, -0.1) is 0 Å². The molecule has 2 aromatic carbocycles. The van der Waals surface area contributed by atoms with E-state index in [1.165, 1.54) is 24.1 Å². The van der Waals surface area contributed by atoms with Crippen LogP contribution in [0.2, 0.25) is 0 Å². The van der Waals surface area contributed by atoms with Gasteiger partial charge < -0.3 is 9.64 Å². The lowest BCUT2D eigenvalue weighted by atomic mass is 10.1. The van der Waals surface area contributed by atoms with Gasteiger partial charge in [-0.3, -0.25) is 4.79 Å². The zero-order valence-corrected chi connectivity index (χ0v) is 13.4. The summed E-state index contributed by atoms with van der Waals surface area (Å²) in [5.74, 6) is -0.758. The van der Waals surface area contributed by atoms with Gasteiger partial charge in [0, 0.05) is 18.1 Å². The van der Waals surface area contributed by atoms with Gasteiger partial charge in [-0.05, 0) is 29.8 Å². The largest absolute Gasteiger partial charge is 0.496 e. The second kappa shape index (κ2) is 6.72. The van der Waals surface area contributed by atoms with Crippen molar-refractivity contribution < 1.29 is 13.9 Å². The Kier molecular flexibility index (Phi) is 4.96. The molecule has 0 aliphatic carbocycles. The molecule has 0 bridgehead atoms. The van der Waals surface area contributed by atoms with Crippen LogP contribution in [0.4, 0.5) is 4.39 Å². The maximum absolute atomic E-state index is 13.9. The molecular weight excluding hydrogens is 337 g/mol. The van der Waals surface area contributed by atoms with Crippen molar-refractivity contribution in [2.75, 3.05) is 14.2 Å². The van der Waals surface area contributed by atoms with Gasteiger partial charge in [-0.2, -0.15) is 0 Å². The summed E-state index contributed by atoms with van der Waals surface area (Å²) in [5, 5.41) is 0. The van der Waals surface area contributed by atoms with Crippen molar-refractivity contribution in [2.24, 2.45) is 0 Å². The average Bonchev–Trinajstić information content (AvgIpc) is 2.46. The number of nitrogens with zero attached hydrogens (tertiary/aromatic N) is 1. The lowest BCUT2D eigenvalue weighted by Crippen LogP contribution is -2.27. The maximum atomic E-state index is 13.9. The smallest absolute Gasteiger partial charge is 0.260 e. The van der Waals surface area contributed by atoms with Crippen molar-refractivity contribution in [3.63, 3.8) is 0 Å². The van der Waals surface area contributed by atoms with Gasteiger partial charge in [-0.25, -0.2) is 4.39 Å². The Morgan fingerprint density at radius 1 is 1.29 bits per heavy atom. The maximum Gasteiger partial charge on any atom is 0.260 e. The lowest BCUT2D eigenvalue weighted by molar-refractivity contribution is 0.0776. The van der Waals surface area contributed by atoms with Crippen molar-refractivity contribution in [3.05, 3.63) is 63.9 Å². The second-order valence-electron chi connectivity index (χ2n) is 4.61. The van der Waals surface area contributed by atoms with Crippen LogP contribution in [0.25, 0.3) is 0 Å². The third-order valence-corrected chi connectivity index (χ3v) is 3.56. The fraction of sp³-hybridized carbons (Fsp3) is 0.188. The molecule has 0 N–H and O–H groups in total. The molecule has 0 saturated heterocycles. The number of benzene rings is 2. The summed E-state index contributed by atoms with van der Waals surface area (Å²) in [7, 11) is 3.05. The molecule has 0 unspecified atom stereocenters. The minimum atomic E-state index is -0.583. The highest BCUT2D eigenvalue weighted by Gasteiger charge is 2.21. The van der Waals surface area contributed by atoms with Gasteiger partial charge in [-0.1, -0.05) is 34.1 Å². The first-order chi connectivity index (χ1) is 10.0. The van der Waals surface area contributed by atoms with Gasteiger partial charge in [0.05, 0.1) is 7.11 Å². The highest BCUT2D eigenvalue weighted by Crippen LogP contribution is 2.23. The zero-order chi connectivity index (χ0) is 15.4. The first-order valence-electron chi connectivity index (χ1n) is 6.35. The van der Waals surface area contributed by atoms with Gasteiger partial charge >= 0.3 is 0 Å². The van der Waals surface area contributed by atoms with Crippen LogP contribution in [0.5, 0.6) is 5.75 Å². The van der Waals surface area contributed by atoms with Crippen LogP contribution in [-0.2, 0) is 6.54 Å². The average molecular weight is 352 g/mol. The number of carbonyl (C=O) groups is 1. The predicted octanol–water partition coefficient (Wildman–Crippen LogP) is 3.87. The number of methoxy groups -OCH3 is 1. The fourth-order valence-corrected chi connectivity index (χ4v) is 2.50. The monoisotopic (exact) mass is 351 g/mol. The third kappa shape index (κ3) is 3.61. The molecule has 0 radical (unpaired) electrons. The number of amides is 1. The number of halogens is 2. The third-order valence-electron chi connectivity index (χ3n) is 3.06. The van der Waals surface area contributed by atoms with Crippen molar-refractivity contribution >= 4 is 21.8 Å². The Morgan fingerprint density at radius 2 is 2.00 bits per heavy atom. The zero-order valence-electron chi connectivity index (χ0n) is 11.8. The highest BCUT2D eigenvalue weighted by molar-refractivity contribution is 9.10. The molecule has 0 atom stereocenters. The van der Waals surface area contributed by atoms with E-state index in [2.05, 4.69) is 15.9 Å². The molecule has 2 aromatic rings. The number of hydrogen-bond acceptors (Lipinski definition) is 2. The normalized spacial score (nSPS) is 10.3. The Bertz CT molecular complexity index is 660. The molecule has 3 nitrogen and oxygen atoms in total. The Balaban J connectivity index is 2.24. The van der Waals surface area contributed by atoms with Gasteiger partial charge in [0.25, 0.3) is 5.91 Å². The van der Waals surface area contributed by atoms with Crippen molar-refractivity contribution in [1.29, 1.82) is 0 Å². The molecule has 0 fully saturated rings. The molecular formula is C16H15BrFNO2. The SMILES string of the molecule is COc1cccc(F)c1C(=O)N(C)Cc1cccc(Br)c1. The molecule has 0 heterocycles. The first kappa shape index (κ1) is 15.5. The predicted molar refractivity (Wildman–Crippen MR) is 82.9 cm³/mol. The summed E-state index contributed by atoms with van der Waals surface area (Å²) < 4.78 is 19.9. The van der Waals surface area contributed by atoms with Crippen LogP contribution in [0.3, 0.4) is 0 Å². The summed E-state index contributed by atoms with van der Waals surface area (Å²) in [6, 6.07) is 12.0. The van der Waals surface area contributed by atoms with Crippen LogP contribution >= 0.6 is 15.9 Å². The van der Waals surface area contributed by atoms with Crippen LogP contribution in [0.15, 0.2) is 46.9 Å². The summed E-state index contributed by atoms with van der Waals surface area (Å²) in [5.41, 5.74) is 0.910. The number of rotatable bonds is 4. The van der Waals surface area contributed by atoms with Crippen LogP contribution in [-0.4, -0.2) is 25.0 Å². The molecule has 0 aliphatic rings. The topological polar surface area (TPSA) is 29.5 Å². The quantitative estimate of drug-likeness (QED) is 0.836. The van der Waals surface area contributed by atoms with E-state index < -0.39 is 11.7 Å².